The van der Waals surface area contributed by atoms with E-state index in [0.717, 1.165) is 42.9 Å². The first-order valence-corrected chi connectivity index (χ1v) is 14.2. The van der Waals surface area contributed by atoms with Gasteiger partial charge in [0.2, 0.25) is 0 Å². The zero-order valence-electron chi connectivity index (χ0n) is 21.2. The first-order chi connectivity index (χ1) is 17.3. The third-order valence-electron chi connectivity index (χ3n) is 8.57. The summed E-state index contributed by atoms with van der Waals surface area (Å²) in [6.07, 6.45) is 7.06. The third kappa shape index (κ3) is 3.69. The van der Waals surface area contributed by atoms with Crippen LogP contribution in [0.4, 0.5) is 0 Å². The lowest BCUT2D eigenvalue weighted by atomic mass is 9.68. The van der Waals surface area contributed by atoms with Crippen LogP contribution in [0.2, 0.25) is 0 Å². The monoisotopic (exact) mass is 513 g/mol. The van der Waals surface area contributed by atoms with Crippen molar-refractivity contribution in [2.45, 2.75) is 42.2 Å². The highest BCUT2D eigenvalue weighted by atomic mass is 32.2. The number of rotatable bonds is 6. The number of hydrogen-bond donors (Lipinski definition) is 1. The molecule has 6 rings (SSSR count). The van der Waals surface area contributed by atoms with Gasteiger partial charge in [-0.25, -0.2) is 13.4 Å². The van der Waals surface area contributed by atoms with Gasteiger partial charge in [0.05, 0.1) is 31.6 Å². The van der Waals surface area contributed by atoms with Crippen molar-refractivity contribution in [3.8, 4) is 5.75 Å². The number of fused-ring (bicyclic) bond motifs is 4. The molecule has 0 bridgehead atoms. The average molecular weight is 514 g/mol. The highest BCUT2D eigenvalue weighted by Crippen LogP contribution is 2.51. The number of aliphatic hydroxyl groups excluding tert-OH is 1. The second-order valence-electron chi connectivity index (χ2n) is 10.8. The number of hydrogen-bond acceptors (Lipinski definition) is 6. The van der Waals surface area contributed by atoms with E-state index in [-0.39, 0.29) is 23.1 Å². The van der Waals surface area contributed by atoms with Crippen LogP contribution in [0.25, 0.3) is 10.9 Å². The fourth-order valence-corrected chi connectivity index (χ4v) is 7.91. The first kappa shape index (κ1) is 24.0. The summed E-state index contributed by atoms with van der Waals surface area (Å²) in [5.41, 5.74) is 3.35. The summed E-state index contributed by atoms with van der Waals surface area (Å²) >= 11 is 0. The predicted octanol–water partition coefficient (Wildman–Crippen LogP) is 2.40. The van der Waals surface area contributed by atoms with Gasteiger partial charge in [-0.3, -0.25) is 4.90 Å². The molecule has 0 amide bonds. The number of imidazole rings is 1. The Bertz CT molecular complexity index is 1400. The smallest absolute Gasteiger partial charge is 0.262 e. The molecule has 3 aliphatic rings. The largest absolute Gasteiger partial charge is 0.497 e. The zero-order chi connectivity index (χ0) is 25.2. The maximum Gasteiger partial charge on any atom is 0.262 e. The number of aryl methyl sites for hydroxylation is 2. The van der Waals surface area contributed by atoms with Crippen LogP contribution in [-0.4, -0.2) is 76.7 Å². The van der Waals surface area contributed by atoms with Gasteiger partial charge in [-0.15, -0.1) is 0 Å². The van der Waals surface area contributed by atoms with Crippen LogP contribution in [0, 0.1) is 5.92 Å². The SMILES string of the molecule is COc1ccc2c3c(n(C)c2c1)[C@H](CO)N(CC1CC1)CC31CCN(S(=O)(=O)c2cn(C)cn2)CC1. The topological polar surface area (TPSA) is 92.8 Å². The molecular weight excluding hydrogens is 478 g/mol. The number of benzene rings is 1. The summed E-state index contributed by atoms with van der Waals surface area (Å²) in [5, 5.41) is 11.9. The zero-order valence-corrected chi connectivity index (χ0v) is 22.0. The Kier molecular flexibility index (Phi) is 5.71. The maximum atomic E-state index is 13.3. The van der Waals surface area contributed by atoms with Crippen molar-refractivity contribution < 1.29 is 18.3 Å². The van der Waals surface area contributed by atoms with Crippen LogP contribution in [0.5, 0.6) is 5.75 Å². The normalized spacial score (nSPS) is 22.8. The second-order valence-corrected chi connectivity index (χ2v) is 12.7. The molecule has 2 aliphatic heterocycles. The van der Waals surface area contributed by atoms with E-state index in [2.05, 4.69) is 33.6 Å². The fraction of sp³-hybridized carbons (Fsp3) is 0.577. The molecule has 9 nitrogen and oxygen atoms in total. The van der Waals surface area contributed by atoms with Gasteiger partial charge in [0.25, 0.3) is 10.0 Å². The van der Waals surface area contributed by atoms with Crippen molar-refractivity contribution in [3.63, 3.8) is 0 Å². The van der Waals surface area contributed by atoms with Crippen LogP contribution in [0.3, 0.4) is 0 Å². The van der Waals surface area contributed by atoms with Gasteiger partial charge >= 0.3 is 0 Å². The molecule has 1 spiro atoms. The molecule has 10 heteroatoms. The molecule has 3 aromatic rings. The number of methoxy groups -OCH3 is 1. The van der Waals surface area contributed by atoms with E-state index in [1.54, 1.807) is 29.2 Å². The predicted molar refractivity (Wildman–Crippen MR) is 136 cm³/mol. The summed E-state index contributed by atoms with van der Waals surface area (Å²) < 4.78 is 37.6. The molecule has 1 saturated carbocycles. The number of sulfonamides is 1. The minimum absolute atomic E-state index is 0.0649. The Labute approximate surface area is 212 Å². The molecule has 1 atom stereocenters. The summed E-state index contributed by atoms with van der Waals surface area (Å²) in [6.45, 7) is 2.78. The Balaban J connectivity index is 1.42. The van der Waals surface area contributed by atoms with E-state index < -0.39 is 10.0 Å². The van der Waals surface area contributed by atoms with E-state index >= 15 is 0 Å². The summed E-state index contributed by atoms with van der Waals surface area (Å²) in [4.78, 5) is 6.59. The molecule has 1 N–H and O–H groups in total. The van der Waals surface area contributed by atoms with Gasteiger partial charge in [0.1, 0.15) is 5.75 Å². The lowest BCUT2D eigenvalue weighted by molar-refractivity contribution is 0.0538. The van der Waals surface area contributed by atoms with Gasteiger partial charge in [0, 0.05) is 69.0 Å². The summed E-state index contributed by atoms with van der Waals surface area (Å²) in [7, 11) is 1.91. The van der Waals surface area contributed by atoms with Gasteiger partial charge in [0.15, 0.2) is 5.03 Å². The molecular formula is C26H35N5O4S. The molecule has 2 fully saturated rings. The molecule has 1 aromatic carbocycles. The van der Waals surface area contributed by atoms with Crippen LogP contribution < -0.4 is 4.74 Å². The third-order valence-corrected chi connectivity index (χ3v) is 10.4. The highest BCUT2D eigenvalue weighted by molar-refractivity contribution is 7.89. The average Bonchev–Trinajstić information content (AvgIpc) is 3.49. The molecule has 4 heterocycles. The van der Waals surface area contributed by atoms with Gasteiger partial charge in [-0.05, 0) is 49.3 Å². The molecule has 1 saturated heterocycles. The second kappa shape index (κ2) is 8.58. The lowest BCUT2D eigenvalue weighted by Gasteiger charge is -2.50. The minimum atomic E-state index is -3.63. The number of aliphatic hydroxyl groups is 1. The van der Waals surface area contributed by atoms with Crippen molar-refractivity contribution in [2.24, 2.45) is 20.0 Å². The maximum absolute atomic E-state index is 13.3. The highest BCUT2D eigenvalue weighted by Gasteiger charge is 2.50. The minimum Gasteiger partial charge on any atom is -0.497 e. The van der Waals surface area contributed by atoms with Gasteiger partial charge in [-0.1, -0.05) is 0 Å². The van der Waals surface area contributed by atoms with Crippen LogP contribution in [0.1, 0.15) is 43.0 Å². The quantitative estimate of drug-likeness (QED) is 0.544. The summed E-state index contributed by atoms with van der Waals surface area (Å²) in [5.74, 6) is 1.50. The molecule has 194 valence electrons. The van der Waals surface area contributed by atoms with E-state index in [1.165, 1.54) is 30.1 Å². The van der Waals surface area contributed by atoms with Crippen molar-refractivity contribution >= 4 is 20.9 Å². The standard InChI is InChI=1S/C26H35N5O4S/c1-28-14-23(27-17-28)36(33,34)31-10-8-26(9-11-31)16-30(13-18-4-5-18)22(15-32)25-24(26)20-7-6-19(35-3)12-21(20)29(25)2/h6-7,12,14,17-18,22,32H,4-5,8-11,13,15-16H2,1-3H3/t22-/m0/s1. The Morgan fingerprint density at radius 2 is 1.94 bits per heavy atom. The lowest BCUT2D eigenvalue weighted by Crippen LogP contribution is -2.55. The van der Waals surface area contributed by atoms with E-state index in [9.17, 15) is 13.5 Å². The fourth-order valence-electron chi connectivity index (χ4n) is 6.50. The van der Waals surface area contributed by atoms with Crippen LogP contribution in [0.15, 0.2) is 35.7 Å². The summed E-state index contributed by atoms with van der Waals surface area (Å²) in [6, 6.07) is 6.14. The molecule has 1 aliphatic carbocycles. The Morgan fingerprint density at radius 3 is 2.56 bits per heavy atom. The molecule has 36 heavy (non-hydrogen) atoms. The number of aromatic nitrogens is 3. The van der Waals surface area contributed by atoms with Crippen LogP contribution in [-0.2, 0) is 29.5 Å². The molecule has 0 radical (unpaired) electrons. The van der Waals surface area contributed by atoms with Crippen LogP contribution >= 0.6 is 0 Å². The Morgan fingerprint density at radius 1 is 1.19 bits per heavy atom. The van der Waals surface area contributed by atoms with E-state index in [1.807, 2.05) is 6.07 Å². The van der Waals surface area contributed by atoms with Crippen molar-refractivity contribution in [3.05, 3.63) is 42.0 Å². The van der Waals surface area contributed by atoms with Gasteiger partial charge < -0.3 is 19.0 Å². The molecule has 2 aromatic heterocycles. The van der Waals surface area contributed by atoms with Crippen molar-refractivity contribution in [1.29, 1.82) is 0 Å². The van der Waals surface area contributed by atoms with Gasteiger partial charge in [-0.2, -0.15) is 4.31 Å². The first-order valence-electron chi connectivity index (χ1n) is 12.8. The van der Waals surface area contributed by atoms with E-state index in [4.69, 9.17) is 4.74 Å². The Hall–Kier alpha value is -2.40. The molecule has 0 unspecified atom stereocenters. The number of ether oxygens (including phenoxy) is 1. The van der Waals surface area contributed by atoms with Crippen molar-refractivity contribution in [2.75, 3.05) is 39.9 Å². The number of nitrogens with zero attached hydrogens (tertiary/aromatic N) is 5. The van der Waals surface area contributed by atoms with E-state index in [0.29, 0.717) is 19.0 Å². The number of piperidine rings is 1. The van der Waals surface area contributed by atoms with Crippen molar-refractivity contribution in [1.82, 2.24) is 23.3 Å².